The van der Waals surface area contributed by atoms with Crippen molar-refractivity contribution >= 4 is 11.6 Å². The summed E-state index contributed by atoms with van der Waals surface area (Å²) in [6.45, 7) is 0. The summed E-state index contributed by atoms with van der Waals surface area (Å²) in [5.74, 6) is -1.94. The lowest BCUT2D eigenvalue weighted by molar-refractivity contribution is 0.161. The van der Waals surface area contributed by atoms with Crippen molar-refractivity contribution in [2.45, 2.75) is 31.8 Å². The first-order valence-electron chi connectivity index (χ1n) is 4.95. The molecule has 0 radical (unpaired) electrons. The first-order valence-corrected chi connectivity index (χ1v) is 5.33. The summed E-state index contributed by atoms with van der Waals surface area (Å²) in [5.41, 5.74) is 0.609. The Morgan fingerprint density at radius 2 is 2.07 bits per heavy atom. The summed E-state index contributed by atoms with van der Waals surface area (Å²) in [6, 6.07) is 0.980. The first kappa shape index (κ1) is 10.8. The standard InChI is InChI=1S/C11H11ClF2O/c12-7-5-8(13)11(14)10-6(7)3-1-2-4-9(10)15/h5,9,15H,1-4H2/t9-/m0/s1. The van der Waals surface area contributed by atoms with Crippen LogP contribution >= 0.6 is 11.6 Å². The zero-order chi connectivity index (χ0) is 11.0. The van der Waals surface area contributed by atoms with Crippen LogP contribution in [0.3, 0.4) is 0 Å². The Morgan fingerprint density at radius 3 is 2.80 bits per heavy atom. The van der Waals surface area contributed by atoms with Crippen LogP contribution in [-0.4, -0.2) is 5.11 Å². The van der Waals surface area contributed by atoms with E-state index >= 15 is 0 Å². The highest BCUT2D eigenvalue weighted by Gasteiger charge is 2.25. The number of fused-ring (bicyclic) bond motifs is 1. The zero-order valence-corrected chi connectivity index (χ0v) is 8.82. The Balaban J connectivity index is 2.63. The lowest BCUT2D eigenvalue weighted by Crippen LogP contribution is -2.05. The maximum atomic E-state index is 13.5. The monoisotopic (exact) mass is 232 g/mol. The molecule has 1 aromatic rings. The van der Waals surface area contributed by atoms with Gasteiger partial charge in [0.1, 0.15) is 0 Å². The third kappa shape index (κ3) is 1.86. The van der Waals surface area contributed by atoms with Crippen LogP contribution in [0.15, 0.2) is 6.07 Å². The zero-order valence-electron chi connectivity index (χ0n) is 8.06. The van der Waals surface area contributed by atoms with Crippen molar-refractivity contribution in [3.63, 3.8) is 0 Å². The molecule has 1 aliphatic rings. The molecule has 0 aliphatic heterocycles. The highest BCUT2D eigenvalue weighted by atomic mass is 35.5. The van der Waals surface area contributed by atoms with Crippen molar-refractivity contribution in [3.05, 3.63) is 33.9 Å². The number of rotatable bonds is 0. The van der Waals surface area contributed by atoms with E-state index in [4.69, 9.17) is 11.6 Å². The minimum Gasteiger partial charge on any atom is -0.388 e. The molecule has 0 heterocycles. The van der Waals surface area contributed by atoms with Crippen LogP contribution in [0.25, 0.3) is 0 Å². The summed E-state index contributed by atoms with van der Waals surface area (Å²) in [4.78, 5) is 0. The lowest BCUT2D eigenvalue weighted by atomic mass is 10.00. The predicted octanol–water partition coefficient (Wildman–Crippen LogP) is 3.38. The molecule has 0 unspecified atom stereocenters. The number of halogens is 3. The highest BCUT2D eigenvalue weighted by Crippen LogP contribution is 2.35. The maximum Gasteiger partial charge on any atom is 0.164 e. The number of aliphatic hydroxyl groups is 1. The number of hydrogen-bond donors (Lipinski definition) is 1. The van der Waals surface area contributed by atoms with E-state index in [9.17, 15) is 13.9 Å². The molecule has 0 aromatic heterocycles. The third-order valence-electron chi connectivity index (χ3n) is 2.80. The number of benzene rings is 1. The van der Waals surface area contributed by atoms with Gasteiger partial charge in [-0.15, -0.1) is 0 Å². The fourth-order valence-electron chi connectivity index (χ4n) is 2.04. The molecular weight excluding hydrogens is 222 g/mol. The Kier molecular flexibility index (Phi) is 2.94. The van der Waals surface area contributed by atoms with E-state index in [0.717, 1.165) is 18.9 Å². The smallest absolute Gasteiger partial charge is 0.164 e. The SMILES string of the molecule is O[C@H]1CCCCc2c(Cl)cc(F)c(F)c21. The molecule has 1 aliphatic carbocycles. The van der Waals surface area contributed by atoms with Crippen LogP contribution in [0.4, 0.5) is 8.78 Å². The van der Waals surface area contributed by atoms with Gasteiger partial charge in [0.25, 0.3) is 0 Å². The highest BCUT2D eigenvalue weighted by molar-refractivity contribution is 6.31. The summed E-state index contributed by atoms with van der Waals surface area (Å²) >= 11 is 5.84. The van der Waals surface area contributed by atoms with E-state index in [-0.39, 0.29) is 10.6 Å². The Labute approximate surface area is 91.7 Å². The number of aliphatic hydroxyl groups excluding tert-OH is 1. The van der Waals surface area contributed by atoms with Crippen molar-refractivity contribution in [2.75, 3.05) is 0 Å². The molecule has 1 nitrogen and oxygen atoms in total. The molecule has 4 heteroatoms. The van der Waals surface area contributed by atoms with Gasteiger partial charge in [0, 0.05) is 10.6 Å². The van der Waals surface area contributed by atoms with Crippen molar-refractivity contribution in [1.82, 2.24) is 0 Å². The van der Waals surface area contributed by atoms with Crippen molar-refractivity contribution in [1.29, 1.82) is 0 Å². The molecule has 0 saturated carbocycles. The summed E-state index contributed by atoms with van der Waals surface area (Å²) in [5, 5.41) is 9.92. The van der Waals surface area contributed by atoms with Gasteiger partial charge >= 0.3 is 0 Å². The second-order valence-electron chi connectivity index (χ2n) is 3.81. The fraction of sp³-hybridized carbons (Fsp3) is 0.455. The molecule has 1 aromatic carbocycles. The van der Waals surface area contributed by atoms with E-state index in [1.807, 2.05) is 0 Å². The van der Waals surface area contributed by atoms with E-state index in [1.54, 1.807) is 0 Å². The maximum absolute atomic E-state index is 13.5. The average Bonchev–Trinajstić information content (AvgIpc) is 2.37. The van der Waals surface area contributed by atoms with Gasteiger partial charge in [-0.3, -0.25) is 0 Å². The van der Waals surface area contributed by atoms with E-state index in [0.29, 0.717) is 18.4 Å². The minimum atomic E-state index is -0.986. The van der Waals surface area contributed by atoms with Gasteiger partial charge in [-0.05, 0) is 30.9 Å². The van der Waals surface area contributed by atoms with Crippen LogP contribution in [0, 0.1) is 11.6 Å². The molecule has 2 rings (SSSR count). The van der Waals surface area contributed by atoms with Crippen molar-refractivity contribution in [3.8, 4) is 0 Å². The fourth-order valence-corrected chi connectivity index (χ4v) is 2.33. The Bertz CT molecular complexity index is 393. The molecule has 1 N–H and O–H groups in total. The molecule has 1 atom stereocenters. The van der Waals surface area contributed by atoms with E-state index in [2.05, 4.69) is 0 Å². The summed E-state index contributed by atoms with van der Waals surface area (Å²) in [6.07, 6.45) is 1.77. The van der Waals surface area contributed by atoms with Crippen LogP contribution < -0.4 is 0 Å². The van der Waals surface area contributed by atoms with E-state index in [1.165, 1.54) is 0 Å². The molecule has 0 fully saturated rings. The number of hydrogen-bond acceptors (Lipinski definition) is 1. The third-order valence-corrected chi connectivity index (χ3v) is 3.14. The van der Waals surface area contributed by atoms with Gasteiger partial charge in [0.15, 0.2) is 11.6 Å². The van der Waals surface area contributed by atoms with Gasteiger partial charge in [-0.1, -0.05) is 18.0 Å². The van der Waals surface area contributed by atoms with Crippen LogP contribution in [0.5, 0.6) is 0 Å². The second kappa shape index (κ2) is 4.06. The largest absolute Gasteiger partial charge is 0.388 e. The van der Waals surface area contributed by atoms with Crippen LogP contribution in [0.1, 0.15) is 36.5 Å². The molecule has 0 amide bonds. The average molecular weight is 233 g/mol. The van der Waals surface area contributed by atoms with E-state index < -0.39 is 17.7 Å². The first-order chi connectivity index (χ1) is 7.11. The molecule has 82 valence electrons. The Hall–Kier alpha value is -0.670. The summed E-state index contributed by atoms with van der Waals surface area (Å²) < 4.78 is 26.6. The molecule has 0 saturated heterocycles. The Morgan fingerprint density at radius 1 is 1.33 bits per heavy atom. The van der Waals surface area contributed by atoms with Crippen LogP contribution in [-0.2, 0) is 6.42 Å². The van der Waals surface area contributed by atoms with Gasteiger partial charge < -0.3 is 5.11 Å². The van der Waals surface area contributed by atoms with Gasteiger partial charge in [-0.25, -0.2) is 8.78 Å². The second-order valence-corrected chi connectivity index (χ2v) is 4.22. The quantitative estimate of drug-likeness (QED) is 0.537. The van der Waals surface area contributed by atoms with Crippen molar-refractivity contribution < 1.29 is 13.9 Å². The normalized spacial score (nSPS) is 20.9. The minimum absolute atomic E-state index is 0.0532. The molecule has 15 heavy (non-hydrogen) atoms. The van der Waals surface area contributed by atoms with Crippen LogP contribution in [0.2, 0.25) is 5.02 Å². The van der Waals surface area contributed by atoms with Crippen molar-refractivity contribution in [2.24, 2.45) is 0 Å². The summed E-state index contributed by atoms with van der Waals surface area (Å²) in [7, 11) is 0. The van der Waals surface area contributed by atoms with Gasteiger partial charge in [0.2, 0.25) is 0 Å². The predicted molar refractivity (Wildman–Crippen MR) is 53.9 cm³/mol. The molecule has 0 bridgehead atoms. The topological polar surface area (TPSA) is 20.2 Å². The van der Waals surface area contributed by atoms with Gasteiger partial charge in [0.05, 0.1) is 6.10 Å². The molecular formula is C11H11ClF2O. The lowest BCUT2D eigenvalue weighted by Gasteiger charge is -2.14. The molecule has 0 spiro atoms. The van der Waals surface area contributed by atoms with Gasteiger partial charge in [-0.2, -0.15) is 0 Å².